The second kappa shape index (κ2) is 13.5. The van der Waals surface area contributed by atoms with Crippen LogP contribution in [0, 0.1) is 0 Å². The summed E-state index contributed by atoms with van der Waals surface area (Å²) in [6.45, 7) is 0. The molecule has 0 atom stereocenters. The molecule has 0 saturated carbocycles. The van der Waals surface area contributed by atoms with Crippen molar-refractivity contribution < 1.29 is 99.3 Å². The fourth-order valence-electron chi connectivity index (χ4n) is 3.35. The summed E-state index contributed by atoms with van der Waals surface area (Å²) in [5.41, 5.74) is 11.5. The third kappa shape index (κ3) is 8.30. The Hall–Kier alpha value is -2.43. The van der Waals surface area contributed by atoms with Crippen molar-refractivity contribution in [1.82, 2.24) is 0 Å². The molecule has 0 radical (unpaired) electrons. The average molecular weight is 601 g/mol. The molecular weight excluding hydrogens is 582 g/mol. The molecule has 40 heavy (non-hydrogen) atoms. The first-order valence-electron chi connectivity index (χ1n) is 10.6. The van der Waals surface area contributed by atoms with Crippen molar-refractivity contribution in [3.05, 3.63) is 96.1 Å². The minimum atomic E-state index is -5.10. The summed E-state index contributed by atoms with van der Waals surface area (Å²) in [5, 5.41) is 0. The zero-order valence-electron chi connectivity index (χ0n) is 21.2. The molecule has 0 aliphatic rings. The minimum absolute atomic E-state index is 0. The van der Waals surface area contributed by atoms with Crippen molar-refractivity contribution in [2.75, 3.05) is 11.5 Å². The number of carbonyl (C=O) groups is 1. The zero-order valence-corrected chi connectivity index (χ0v) is 26.9. The summed E-state index contributed by atoms with van der Waals surface area (Å²) in [6, 6.07) is 18.0. The van der Waals surface area contributed by atoms with E-state index >= 15 is 0 Å². The summed E-state index contributed by atoms with van der Waals surface area (Å²) < 4.78 is 82.5. The number of anilines is 2. The van der Waals surface area contributed by atoms with Crippen molar-refractivity contribution in [3.8, 4) is 23.0 Å². The third-order valence-corrected chi connectivity index (χ3v) is 6.88. The van der Waals surface area contributed by atoms with Crippen molar-refractivity contribution in [2.24, 2.45) is 0 Å². The number of rotatable bonds is 8. The number of carbonyl (C=O) groups excluding carboxylic acids is 1. The predicted molar refractivity (Wildman–Crippen MR) is 134 cm³/mol. The molecule has 0 spiro atoms. The van der Waals surface area contributed by atoms with Gasteiger partial charge in [0.05, 0.1) is 9.79 Å². The summed E-state index contributed by atoms with van der Waals surface area (Å²) >= 11 is 0. The molecule has 0 saturated heterocycles. The van der Waals surface area contributed by atoms with Crippen LogP contribution < -0.4 is 80.1 Å². The number of benzene rings is 4. The van der Waals surface area contributed by atoms with Crippen LogP contribution in [-0.2, 0) is 20.2 Å². The quantitative estimate of drug-likeness (QED) is 0.0936. The Balaban J connectivity index is 0.00000280. The van der Waals surface area contributed by atoms with Gasteiger partial charge in [-0.1, -0.05) is 0 Å². The van der Waals surface area contributed by atoms with E-state index in [1.54, 1.807) is 0 Å². The number of ketones is 1. The van der Waals surface area contributed by atoms with Crippen LogP contribution in [0.4, 0.5) is 11.4 Å². The van der Waals surface area contributed by atoms with Crippen LogP contribution in [0.5, 0.6) is 23.0 Å². The molecule has 4 aromatic carbocycles. The van der Waals surface area contributed by atoms with E-state index in [2.05, 4.69) is 0 Å². The van der Waals surface area contributed by atoms with Gasteiger partial charge in [0.15, 0.2) is 5.78 Å². The van der Waals surface area contributed by atoms with Gasteiger partial charge in [-0.15, -0.1) is 0 Å². The SMILES string of the molecule is Nc1ccc(Oc2ccc(C(=O)c3ccc(Oc4ccc(N)cc4)c(S(=O)(=O)[O-])c3)cc2S(=O)(=O)[O-])cc1.[Na+].[Na+]. The van der Waals surface area contributed by atoms with Gasteiger partial charge < -0.3 is 30.0 Å². The number of nitrogen functional groups attached to an aromatic ring is 2. The van der Waals surface area contributed by atoms with Gasteiger partial charge in [-0.2, -0.15) is 0 Å². The van der Waals surface area contributed by atoms with Crippen LogP contribution in [-0.4, -0.2) is 31.7 Å². The van der Waals surface area contributed by atoms with E-state index in [1.165, 1.54) is 60.7 Å². The van der Waals surface area contributed by atoms with E-state index in [-0.39, 0.29) is 93.2 Å². The standard InChI is InChI=1S/C25H20N2O9S2.2Na/c26-17-3-7-19(8-4-17)35-21-11-1-15(13-23(21)37(29,30)31)25(28)16-2-12-22(24(14-16)38(32,33)34)36-20-9-5-18(27)6-10-20;;/h1-14H,26-27H2,(H,29,30,31)(H,32,33,34);;/q;2*+1/p-2. The average Bonchev–Trinajstić information content (AvgIpc) is 2.85. The summed E-state index contributed by atoms with van der Waals surface area (Å²) in [4.78, 5) is 11.5. The number of nitrogens with two attached hydrogens (primary N) is 2. The van der Waals surface area contributed by atoms with Gasteiger partial charge in [0.2, 0.25) is 0 Å². The largest absolute Gasteiger partial charge is 1.00 e. The van der Waals surface area contributed by atoms with E-state index in [9.17, 15) is 30.7 Å². The molecule has 0 aliphatic carbocycles. The molecule has 0 unspecified atom stereocenters. The minimum Gasteiger partial charge on any atom is -0.744 e. The van der Waals surface area contributed by atoms with Crippen LogP contribution in [0.1, 0.15) is 15.9 Å². The second-order valence-electron chi connectivity index (χ2n) is 7.90. The molecule has 4 N–H and O–H groups in total. The first-order chi connectivity index (χ1) is 17.8. The Morgan fingerprint density at radius 2 is 0.900 bits per heavy atom. The molecule has 4 aromatic rings. The monoisotopic (exact) mass is 600 g/mol. The molecule has 4 rings (SSSR count). The van der Waals surface area contributed by atoms with Gasteiger partial charge in [0.25, 0.3) is 0 Å². The van der Waals surface area contributed by atoms with E-state index < -0.39 is 35.8 Å². The first-order valence-corrected chi connectivity index (χ1v) is 13.4. The maximum absolute atomic E-state index is 13.1. The predicted octanol–water partition coefficient (Wildman–Crippen LogP) is -2.52. The van der Waals surface area contributed by atoms with Gasteiger partial charge in [-0.3, -0.25) is 4.79 Å². The summed E-state index contributed by atoms with van der Waals surface area (Å²) in [6.07, 6.45) is 0. The molecule has 0 fully saturated rings. The van der Waals surface area contributed by atoms with Gasteiger partial charge in [0.1, 0.15) is 43.2 Å². The Kier molecular flexibility index (Phi) is 11.4. The number of ether oxygens (including phenoxy) is 2. The molecule has 0 bridgehead atoms. The molecule has 196 valence electrons. The normalized spacial score (nSPS) is 11.1. The van der Waals surface area contributed by atoms with Crippen LogP contribution in [0.25, 0.3) is 0 Å². The maximum atomic E-state index is 13.1. The molecule has 0 heterocycles. The van der Waals surface area contributed by atoms with Crippen LogP contribution in [0.2, 0.25) is 0 Å². The van der Waals surface area contributed by atoms with Gasteiger partial charge in [-0.05, 0) is 84.9 Å². The topological polar surface area (TPSA) is 202 Å². The molecular formula is C25H18N2Na2O9S2. The van der Waals surface area contributed by atoms with Gasteiger partial charge in [0, 0.05) is 22.5 Å². The fourth-order valence-corrected chi connectivity index (χ4v) is 4.61. The van der Waals surface area contributed by atoms with Gasteiger partial charge in [-0.25, -0.2) is 16.8 Å². The summed E-state index contributed by atoms with van der Waals surface area (Å²) in [7, 11) is -10.2. The van der Waals surface area contributed by atoms with Crippen LogP contribution >= 0.6 is 0 Å². The van der Waals surface area contributed by atoms with Gasteiger partial charge >= 0.3 is 59.1 Å². The number of hydrogen-bond acceptors (Lipinski definition) is 11. The Bertz CT molecular complexity index is 1620. The summed E-state index contributed by atoms with van der Waals surface area (Å²) in [5.74, 6) is -1.17. The first kappa shape index (κ1) is 33.8. The van der Waals surface area contributed by atoms with E-state index in [4.69, 9.17) is 20.9 Å². The molecule has 11 nitrogen and oxygen atoms in total. The van der Waals surface area contributed by atoms with E-state index in [1.807, 2.05) is 0 Å². The van der Waals surface area contributed by atoms with Crippen LogP contribution in [0.15, 0.2) is 94.7 Å². The molecule has 0 amide bonds. The Morgan fingerprint density at radius 1 is 0.575 bits per heavy atom. The zero-order chi connectivity index (χ0) is 27.7. The van der Waals surface area contributed by atoms with Crippen molar-refractivity contribution in [1.29, 1.82) is 0 Å². The van der Waals surface area contributed by atoms with Crippen molar-refractivity contribution >= 4 is 37.4 Å². The fraction of sp³-hybridized carbons (Fsp3) is 0. The van der Waals surface area contributed by atoms with E-state index in [0.29, 0.717) is 11.4 Å². The van der Waals surface area contributed by atoms with E-state index in [0.717, 1.165) is 24.3 Å². The van der Waals surface area contributed by atoms with Crippen molar-refractivity contribution in [3.63, 3.8) is 0 Å². The Labute approximate surface area is 274 Å². The number of hydrogen-bond donors (Lipinski definition) is 2. The van der Waals surface area contributed by atoms with Crippen molar-refractivity contribution in [2.45, 2.75) is 9.79 Å². The maximum Gasteiger partial charge on any atom is 1.00 e. The molecule has 15 heteroatoms. The molecule has 0 aliphatic heterocycles. The van der Waals surface area contributed by atoms with Crippen LogP contribution in [0.3, 0.4) is 0 Å². The Morgan fingerprint density at radius 3 is 1.20 bits per heavy atom. The molecule has 0 aromatic heterocycles. The second-order valence-corrected chi connectivity index (χ2v) is 10.6. The smallest absolute Gasteiger partial charge is 0.744 e. The third-order valence-electron chi connectivity index (χ3n) is 5.17.